The van der Waals surface area contributed by atoms with Crippen LogP contribution in [0.4, 0.5) is 10.5 Å². The Morgan fingerprint density at radius 1 is 1.38 bits per heavy atom. The van der Waals surface area contributed by atoms with E-state index < -0.39 is 11.9 Å². The van der Waals surface area contributed by atoms with E-state index in [1.807, 2.05) is 12.1 Å². The summed E-state index contributed by atoms with van der Waals surface area (Å²) in [6, 6.07) is 6.98. The number of nitrogens with zero attached hydrogens (tertiary/aromatic N) is 4. The number of aryl methyl sites for hydroxylation is 1. The molecule has 8 nitrogen and oxygen atoms in total. The number of benzene rings is 1. The number of carboxylic acids is 1. The molecule has 1 aromatic carbocycles. The Hall–Kier alpha value is -2.90. The topological polar surface area (TPSA) is 100 Å². The Bertz CT molecular complexity index is 758. The number of likely N-dealkylation sites (tertiary alicyclic amines) is 1. The quantitative estimate of drug-likeness (QED) is 0.894. The summed E-state index contributed by atoms with van der Waals surface area (Å²) in [5.74, 6) is -0.762. The van der Waals surface area contributed by atoms with Gasteiger partial charge in [0.25, 0.3) is 0 Å². The number of carboxylic acid groups (broad SMARTS) is 1. The number of anilines is 1. The predicted molar refractivity (Wildman–Crippen MR) is 87.4 cm³/mol. The summed E-state index contributed by atoms with van der Waals surface area (Å²) in [5, 5.41) is 16.2. The molecule has 24 heavy (non-hydrogen) atoms. The molecule has 2 aromatic rings. The van der Waals surface area contributed by atoms with Gasteiger partial charge in [-0.15, -0.1) is 0 Å². The number of rotatable bonds is 3. The number of piperidine rings is 1. The lowest BCUT2D eigenvalue weighted by molar-refractivity contribution is -0.143. The van der Waals surface area contributed by atoms with E-state index in [1.54, 1.807) is 35.1 Å². The molecule has 0 aliphatic carbocycles. The minimum Gasteiger partial charge on any atom is -0.481 e. The van der Waals surface area contributed by atoms with Gasteiger partial charge in [0.1, 0.15) is 6.33 Å². The monoisotopic (exact) mass is 329 g/mol. The fourth-order valence-corrected chi connectivity index (χ4v) is 2.77. The van der Waals surface area contributed by atoms with E-state index in [1.165, 1.54) is 0 Å². The molecule has 2 N–H and O–H groups in total. The van der Waals surface area contributed by atoms with E-state index >= 15 is 0 Å². The normalized spacial score (nSPS) is 17.5. The zero-order valence-electron chi connectivity index (χ0n) is 13.3. The number of nitrogens with one attached hydrogen (secondary N) is 1. The molecule has 8 heteroatoms. The summed E-state index contributed by atoms with van der Waals surface area (Å²) in [5.41, 5.74) is 1.43. The van der Waals surface area contributed by atoms with Crippen LogP contribution in [0.15, 0.2) is 30.6 Å². The van der Waals surface area contributed by atoms with E-state index in [4.69, 9.17) is 5.11 Å². The number of urea groups is 1. The lowest BCUT2D eigenvalue weighted by Gasteiger charge is -2.30. The van der Waals surface area contributed by atoms with Crippen molar-refractivity contribution in [1.82, 2.24) is 19.7 Å². The molecule has 0 bridgehead atoms. The third-order valence-corrected chi connectivity index (χ3v) is 4.03. The van der Waals surface area contributed by atoms with Crippen molar-refractivity contribution in [1.29, 1.82) is 0 Å². The molecule has 1 saturated heterocycles. The highest BCUT2D eigenvalue weighted by Crippen LogP contribution is 2.21. The minimum atomic E-state index is -0.851. The van der Waals surface area contributed by atoms with Gasteiger partial charge in [-0.2, -0.15) is 5.10 Å². The Kier molecular flexibility index (Phi) is 4.45. The van der Waals surface area contributed by atoms with E-state index in [-0.39, 0.29) is 12.6 Å². The van der Waals surface area contributed by atoms with Crippen molar-refractivity contribution in [2.75, 3.05) is 18.4 Å². The van der Waals surface area contributed by atoms with Gasteiger partial charge in [0.15, 0.2) is 5.82 Å². The van der Waals surface area contributed by atoms with Crippen LogP contribution in [0.1, 0.15) is 12.8 Å². The average molecular weight is 329 g/mol. The third-order valence-electron chi connectivity index (χ3n) is 4.03. The molecule has 1 atom stereocenters. The first-order valence-electron chi connectivity index (χ1n) is 7.78. The largest absolute Gasteiger partial charge is 0.481 e. The number of carbonyl (C=O) groups is 2. The first-order chi connectivity index (χ1) is 11.5. The number of aromatic nitrogens is 3. The Balaban J connectivity index is 1.69. The van der Waals surface area contributed by atoms with Gasteiger partial charge < -0.3 is 15.3 Å². The van der Waals surface area contributed by atoms with Gasteiger partial charge in [-0.1, -0.05) is 12.1 Å². The lowest BCUT2D eigenvalue weighted by Crippen LogP contribution is -2.44. The molecule has 1 aliphatic rings. The van der Waals surface area contributed by atoms with Crippen LogP contribution in [0.2, 0.25) is 0 Å². The van der Waals surface area contributed by atoms with Crippen molar-refractivity contribution < 1.29 is 14.7 Å². The van der Waals surface area contributed by atoms with Gasteiger partial charge in [-0.05, 0) is 25.0 Å². The van der Waals surface area contributed by atoms with Gasteiger partial charge in [0.05, 0.1) is 5.92 Å². The number of hydrogen-bond acceptors (Lipinski definition) is 4. The maximum Gasteiger partial charge on any atom is 0.321 e. The van der Waals surface area contributed by atoms with Gasteiger partial charge >= 0.3 is 12.0 Å². The predicted octanol–water partition coefficient (Wildman–Crippen LogP) is 1.81. The average Bonchev–Trinajstić information content (AvgIpc) is 3.02. The van der Waals surface area contributed by atoms with Crippen molar-refractivity contribution in [3.05, 3.63) is 30.6 Å². The summed E-state index contributed by atoms with van der Waals surface area (Å²) < 4.78 is 1.61. The van der Waals surface area contributed by atoms with Crippen LogP contribution in [0.25, 0.3) is 11.4 Å². The summed E-state index contributed by atoms with van der Waals surface area (Å²) >= 11 is 0. The van der Waals surface area contributed by atoms with E-state index in [0.717, 1.165) is 5.56 Å². The minimum absolute atomic E-state index is 0.239. The highest BCUT2D eigenvalue weighted by atomic mass is 16.4. The second-order valence-corrected chi connectivity index (χ2v) is 5.88. The van der Waals surface area contributed by atoms with Crippen LogP contribution in [0.3, 0.4) is 0 Å². The number of aliphatic carboxylic acids is 1. The molecular formula is C16H19N5O3. The standard InChI is InChI=1S/C16H19N5O3/c1-20-10-17-14(19-20)11-4-2-6-13(8-11)18-16(24)21-7-3-5-12(9-21)15(22)23/h2,4,6,8,10,12H,3,5,7,9H2,1H3,(H,18,24)(H,22,23). The molecule has 0 radical (unpaired) electrons. The van der Waals surface area contributed by atoms with Crippen LogP contribution in [0.5, 0.6) is 0 Å². The fraction of sp³-hybridized carbons (Fsp3) is 0.375. The lowest BCUT2D eigenvalue weighted by atomic mass is 9.99. The van der Waals surface area contributed by atoms with Gasteiger partial charge in [0.2, 0.25) is 0 Å². The van der Waals surface area contributed by atoms with E-state index in [0.29, 0.717) is 30.9 Å². The molecule has 1 aromatic heterocycles. The molecule has 2 heterocycles. The van der Waals surface area contributed by atoms with Crippen LogP contribution >= 0.6 is 0 Å². The molecule has 0 spiro atoms. The summed E-state index contributed by atoms with van der Waals surface area (Å²) in [4.78, 5) is 29.2. The van der Waals surface area contributed by atoms with Crippen LogP contribution in [0, 0.1) is 5.92 Å². The fourth-order valence-electron chi connectivity index (χ4n) is 2.77. The van der Waals surface area contributed by atoms with Crippen molar-refractivity contribution >= 4 is 17.7 Å². The maximum atomic E-state index is 12.4. The Morgan fingerprint density at radius 3 is 2.92 bits per heavy atom. The first-order valence-corrected chi connectivity index (χ1v) is 7.78. The molecule has 0 saturated carbocycles. The first kappa shape index (κ1) is 16.0. The summed E-state index contributed by atoms with van der Waals surface area (Å²) in [6.07, 6.45) is 2.92. The van der Waals surface area contributed by atoms with E-state index in [2.05, 4.69) is 15.4 Å². The van der Waals surface area contributed by atoms with Crippen molar-refractivity contribution in [2.45, 2.75) is 12.8 Å². The SMILES string of the molecule is Cn1cnc(-c2cccc(NC(=O)N3CCCC(C(=O)O)C3)c2)n1. The second kappa shape index (κ2) is 6.69. The molecular weight excluding hydrogens is 310 g/mol. The van der Waals surface area contributed by atoms with Gasteiger partial charge in [0, 0.05) is 31.4 Å². The maximum absolute atomic E-state index is 12.4. The second-order valence-electron chi connectivity index (χ2n) is 5.88. The molecule has 1 fully saturated rings. The van der Waals surface area contributed by atoms with Crippen molar-refractivity contribution in [2.24, 2.45) is 13.0 Å². The van der Waals surface area contributed by atoms with Gasteiger partial charge in [-0.25, -0.2) is 9.78 Å². The van der Waals surface area contributed by atoms with E-state index in [9.17, 15) is 9.59 Å². The third kappa shape index (κ3) is 3.53. The van der Waals surface area contributed by atoms with Crippen molar-refractivity contribution in [3.8, 4) is 11.4 Å². The molecule has 1 unspecified atom stereocenters. The summed E-state index contributed by atoms with van der Waals surface area (Å²) in [7, 11) is 1.79. The molecule has 3 rings (SSSR count). The number of amides is 2. The van der Waals surface area contributed by atoms with Crippen LogP contribution in [-0.2, 0) is 11.8 Å². The summed E-state index contributed by atoms with van der Waals surface area (Å²) in [6.45, 7) is 0.805. The van der Waals surface area contributed by atoms with Crippen LogP contribution < -0.4 is 5.32 Å². The Morgan fingerprint density at radius 2 is 2.21 bits per heavy atom. The number of carbonyl (C=O) groups excluding carboxylic acids is 1. The van der Waals surface area contributed by atoms with Gasteiger partial charge in [-0.3, -0.25) is 9.48 Å². The van der Waals surface area contributed by atoms with Crippen molar-refractivity contribution in [3.63, 3.8) is 0 Å². The smallest absolute Gasteiger partial charge is 0.321 e. The van der Waals surface area contributed by atoms with Crippen LogP contribution in [-0.4, -0.2) is 49.9 Å². The zero-order chi connectivity index (χ0) is 17.1. The zero-order valence-corrected chi connectivity index (χ0v) is 13.3. The Labute approximate surface area is 139 Å². The number of hydrogen-bond donors (Lipinski definition) is 2. The molecule has 126 valence electrons. The highest BCUT2D eigenvalue weighted by Gasteiger charge is 2.28. The highest BCUT2D eigenvalue weighted by molar-refractivity contribution is 5.90. The molecule has 2 amide bonds. The molecule has 1 aliphatic heterocycles.